The highest BCUT2D eigenvalue weighted by Crippen LogP contribution is 2.23. The number of hydrogen-bond acceptors (Lipinski definition) is 6. The Morgan fingerprint density at radius 3 is 2.65 bits per heavy atom. The highest BCUT2D eigenvalue weighted by molar-refractivity contribution is 5.97. The summed E-state index contributed by atoms with van der Waals surface area (Å²) in [4.78, 5) is 27.0. The van der Waals surface area contributed by atoms with Gasteiger partial charge in [-0.25, -0.2) is 9.78 Å². The van der Waals surface area contributed by atoms with Crippen LogP contribution in [0.1, 0.15) is 31.1 Å². The second-order valence-corrected chi connectivity index (χ2v) is 4.94. The molecule has 5 N–H and O–H groups in total. The van der Waals surface area contributed by atoms with E-state index < -0.39 is 17.3 Å². The van der Waals surface area contributed by atoms with Crippen LogP contribution in [0.25, 0.3) is 0 Å². The number of nitrogens with two attached hydrogens (primary N) is 2. The summed E-state index contributed by atoms with van der Waals surface area (Å²) < 4.78 is 4.90. The van der Waals surface area contributed by atoms with Crippen LogP contribution in [0.5, 0.6) is 0 Å². The van der Waals surface area contributed by atoms with Gasteiger partial charge < -0.3 is 21.5 Å². The standard InChI is InChI=1S/C13H20N4O3/c1-4-20-11(18)8-5-6-16-10(9(8)14)17-7-13(2,3)12(15)19/h5-6H,4,7,14H2,1-3H3,(H2,15,19)(H,16,17). The third-order valence-corrected chi connectivity index (χ3v) is 2.85. The van der Waals surface area contributed by atoms with Crippen LogP contribution in [-0.2, 0) is 9.53 Å². The SMILES string of the molecule is CCOC(=O)c1ccnc(NCC(C)(C)C(N)=O)c1N. The van der Waals surface area contributed by atoms with E-state index in [9.17, 15) is 9.59 Å². The molecule has 1 aromatic rings. The molecule has 0 aliphatic carbocycles. The first-order valence-corrected chi connectivity index (χ1v) is 6.25. The minimum atomic E-state index is -0.756. The highest BCUT2D eigenvalue weighted by atomic mass is 16.5. The molecule has 0 aromatic carbocycles. The Hall–Kier alpha value is -2.31. The van der Waals surface area contributed by atoms with Crippen LogP contribution in [-0.4, -0.2) is 30.0 Å². The molecule has 1 heterocycles. The van der Waals surface area contributed by atoms with Crippen molar-refractivity contribution >= 4 is 23.4 Å². The third kappa shape index (κ3) is 3.59. The van der Waals surface area contributed by atoms with Crippen LogP contribution < -0.4 is 16.8 Å². The second kappa shape index (κ2) is 6.23. The molecule has 7 nitrogen and oxygen atoms in total. The van der Waals surface area contributed by atoms with Gasteiger partial charge in [0.25, 0.3) is 0 Å². The van der Waals surface area contributed by atoms with E-state index in [-0.39, 0.29) is 24.4 Å². The second-order valence-electron chi connectivity index (χ2n) is 4.94. The van der Waals surface area contributed by atoms with E-state index in [4.69, 9.17) is 16.2 Å². The molecule has 0 saturated heterocycles. The number of amides is 1. The zero-order chi connectivity index (χ0) is 15.3. The lowest BCUT2D eigenvalue weighted by atomic mass is 9.93. The summed E-state index contributed by atoms with van der Waals surface area (Å²) in [5.74, 6) is -0.625. The van der Waals surface area contributed by atoms with Crippen LogP contribution in [0, 0.1) is 5.41 Å². The van der Waals surface area contributed by atoms with Gasteiger partial charge in [0.2, 0.25) is 5.91 Å². The van der Waals surface area contributed by atoms with E-state index >= 15 is 0 Å². The highest BCUT2D eigenvalue weighted by Gasteiger charge is 2.25. The van der Waals surface area contributed by atoms with Crippen molar-refractivity contribution in [1.29, 1.82) is 0 Å². The van der Waals surface area contributed by atoms with Crippen molar-refractivity contribution in [1.82, 2.24) is 4.98 Å². The Balaban J connectivity index is 2.90. The average Bonchev–Trinajstić information content (AvgIpc) is 2.37. The quantitative estimate of drug-likeness (QED) is 0.662. The molecule has 7 heteroatoms. The number of nitrogens with zero attached hydrogens (tertiary/aromatic N) is 1. The van der Waals surface area contributed by atoms with Gasteiger partial charge in [0.1, 0.15) is 5.82 Å². The number of carbonyl (C=O) groups is 2. The summed E-state index contributed by atoms with van der Waals surface area (Å²) >= 11 is 0. The van der Waals surface area contributed by atoms with E-state index in [1.807, 2.05) is 0 Å². The lowest BCUT2D eigenvalue weighted by Crippen LogP contribution is -2.37. The summed E-state index contributed by atoms with van der Waals surface area (Å²) in [6.07, 6.45) is 1.45. The molecule has 1 aromatic heterocycles. The van der Waals surface area contributed by atoms with Crippen molar-refractivity contribution in [3.8, 4) is 0 Å². The fourth-order valence-electron chi connectivity index (χ4n) is 1.39. The largest absolute Gasteiger partial charge is 0.462 e. The molecule has 110 valence electrons. The first-order chi connectivity index (χ1) is 9.29. The van der Waals surface area contributed by atoms with Crippen LogP contribution in [0.15, 0.2) is 12.3 Å². The van der Waals surface area contributed by atoms with Gasteiger partial charge in [-0.3, -0.25) is 4.79 Å². The molecule has 0 aliphatic heterocycles. The number of carbonyl (C=O) groups excluding carboxylic acids is 2. The van der Waals surface area contributed by atoms with Gasteiger partial charge in [0.15, 0.2) is 0 Å². The van der Waals surface area contributed by atoms with Gasteiger partial charge >= 0.3 is 5.97 Å². The first kappa shape index (κ1) is 15.7. The van der Waals surface area contributed by atoms with Crippen molar-refractivity contribution in [2.24, 2.45) is 11.1 Å². The number of nitrogen functional groups attached to an aromatic ring is 1. The van der Waals surface area contributed by atoms with Crippen LogP contribution in [0.3, 0.4) is 0 Å². The number of anilines is 2. The summed E-state index contributed by atoms with van der Waals surface area (Å²) in [5.41, 5.74) is 10.8. The topological polar surface area (TPSA) is 120 Å². The predicted molar refractivity (Wildman–Crippen MR) is 76.1 cm³/mol. The number of rotatable bonds is 6. The van der Waals surface area contributed by atoms with Gasteiger partial charge in [0.05, 0.1) is 23.3 Å². The Labute approximate surface area is 117 Å². The van der Waals surface area contributed by atoms with E-state index in [0.717, 1.165) is 0 Å². The minimum absolute atomic E-state index is 0.186. The smallest absolute Gasteiger partial charge is 0.340 e. The summed E-state index contributed by atoms with van der Waals surface area (Å²) in [6, 6.07) is 1.48. The van der Waals surface area contributed by atoms with Crippen molar-refractivity contribution < 1.29 is 14.3 Å². The van der Waals surface area contributed by atoms with E-state index in [0.29, 0.717) is 5.82 Å². The maximum atomic E-state index is 11.7. The Kier molecular flexibility index (Phi) is 4.90. The summed E-state index contributed by atoms with van der Waals surface area (Å²) in [7, 11) is 0. The number of hydrogen-bond donors (Lipinski definition) is 3. The molecule has 1 rings (SSSR count). The average molecular weight is 280 g/mol. The third-order valence-electron chi connectivity index (χ3n) is 2.85. The Morgan fingerprint density at radius 1 is 1.45 bits per heavy atom. The monoisotopic (exact) mass is 280 g/mol. The molecule has 1 amide bonds. The first-order valence-electron chi connectivity index (χ1n) is 6.25. The van der Waals surface area contributed by atoms with Gasteiger partial charge in [0, 0.05) is 12.7 Å². The lowest BCUT2D eigenvalue weighted by Gasteiger charge is -2.21. The Morgan fingerprint density at radius 2 is 2.10 bits per heavy atom. The van der Waals surface area contributed by atoms with Gasteiger partial charge in [-0.2, -0.15) is 0 Å². The van der Waals surface area contributed by atoms with E-state index in [1.54, 1.807) is 20.8 Å². The molecule has 20 heavy (non-hydrogen) atoms. The van der Waals surface area contributed by atoms with Crippen molar-refractivity contribution in [2.45, 2.75) is 20.8 Å². The molecule has 0 aliphatic rings. The fraction of sp³-hybridized carbons (Fsp3) is 0.462. The minimum Gasteiger partial charge on any atom is -0.462 e. The van der Waals surface area contributed by atoms with Gasteiger partial charge in [-0.15, -0.1) is 0 Å². The van der Waals surface area contributed by atoms with E-state index in [2.05, 4.69) is 10.3 Å². The van der Waals surface area contributed by atoms with Crippen molar-refractivity contribution in [3.63, 3.8) is 0 Å². The molecule has 0 radical (unpaired) electrons. The molecule has 0 spiro atoms. The molecule has 0 fully saturated rings. The molecule has 0 bridgehead atoms. The number of esters is 1. The number of primary amides is 1. The molecule has 0 saturated carbocycles. The van der Waals surface area contributed by atoms with Gasteiger partial charge in [-0.1, -0.05) is 0 Å². The zero-order valence-corrected chi connectivity index (χ0v) is 11.9. The molecular weight excluding hydrogens is 260 g/mol. The van der Waals surface area contributed by atoms with Crippen LogP contribution in [0.4, 0.5) is 11.5 Å². The normalized spacial score (nSPS) is 10.9. The number of ether oxygens (including phenoxy) is 1. The maximum absolute atomic E-state index is 11.7. The molecule has 0 atom stereocenters. The number of nitrogens with one attached hydrogen (secondary N) is 1. The van der Waals surface area contributed by atoms with E-state index in [1.165, 1.54) is 12.3 Å². The molecular formula is C13H20N4O3. The van der Waals surface area contributed by atoms with Crippen molar-refractivity contribution in [3.05, 3.63) is 17.8 Å². The summed E-state index contributed by atoms with van der Waals surface area (Å²) in [6.45, 7) is 5.63. The maximum Gasteiger partial charge on any atom is 0.340 e. The fourth-order valence-corrected chi connectivity index (χ4v) is 1.39. The molecule has 0 unspecified atom stereocenters. The van der Waals surface area contributed by atoms with Crippen LogP contribution >= 0.6 is 0 Å². The number of pyridine rings is 1. The summed E-state index contributed by atoms with van der Waals surface area (Å²) in [5, 5.41) is 2.93. The number of aromatic nitrogens is 1. The Bertz CT molecular complexity index is 514. The lowest BCUT2D eigenvalue weighted by molar-refractivity contribution is -0.125. The van der Waals surface area contributed by atoms with Crippen LogP contribution in [0.2, 0.25) is 0 Å². The van der Waals surface area contributed by atoms with Gasteiger partial charge in [-0.05, 0) is 26.8 Å². The predicted octanol–water partition coefficient (Wildman–Crippen LogP) is 0.764. The van der Waals surface area contributed by atoms with Crippen molar-refractivity contribution in [2.75, 3.05) is 24.2 Å². The zero-order valence-electron chi connectivity index (χ0n) is 11.9.